The quantitative estimate of drug-likeness (QED) is 0.603. The molecule has 0 fully saturated rings. The Kier molecular flexibility index (Phi) is 4.38. The monoisotopic (exact) mass is 419 g/mol. The van der Waals surface area contributed by atoms with E-state index in [-0.39, 0.29) is 11.8 Å². The summed E-state index contributed by atoms with van der Waals surface area (Å²) in [6.45, 7) is 0. The van der Waals surface area contributed by atoms with Crippen LogP contribution in [0.25, 0.3) is 0 Å². The Morgan fingerprint density at radius 2 is 1.76 bits per heavy atom. The number of hydrogen-bond acceptors (Lipinski definition) is 5. The fourth-order valence-electron chi connectivity index (χ4n) is 3.51. The minimum absolute atomic E-state index is 0.329. The molecule has 0 radical (unpaired) electrons. The maximum Gasteiger partial charge on any atom is 0.272 e. The van der Waals surface area contributed by atoms with Crippen molar-refractivity contribution < 1.29 is 9.59 Å². The molecule has 2 aliphatic rings. The van der Waals surface area contributed by atoms with Gasteiger partial charge in [-0.3, -0.25) is 14.6 Å². The highest BCUT2D eigenvalue weighted by atomic mass is 35.5. The van der Waals surface area contributed by atoms with Crippen LogP contribution in [0.4, 0.5) is 11.4 Å². The molecule has 7 heteroatoms. The number of anilines is 2. The number of carbonyl (C=O) groups excluding carboxylic acids is 2. The van der Waals surface area contributed by atoms with E-state index < -0.39 is 6.04 Å². The first-order chi connectivity index (χ1) is 14.1. The van der Waals surface area contributed by atoms with Crippen molar-refractivity contribution in [1.29, 1.82) is 0 Å². The van der Waals surface area contributed by atoms with Gasteiger partial charge in [-0.1, -0.05) is 41.6 Å². The molecule has 5 rings (SSSR count). The van der Waals surface area contributed by atoms with Crippen LogP contribution < -0.4 is 10.2 Å². The van der Waals surface area contributed by atoms with Crippen LogP contribution in [0.15, 0.2) is 88.4 Å². The molecule has 2 aromatic carbocycles. The van der Waals surface area contributed by atoms with Crippen LogP contribution in [0.5, 0.6) is 0 Å². The van der Waals surface area contributed by atoms with Gasteiger partial charge >= 0.3 is 0 Å². The van der Waals surface area contributed by atoms with E-state index in [1.807, 2.05) is 36.4 Å². The number of imide groups is 1. The number of pyridine rings is 1. The summed E-state index contributed by atoms with van der Waals surface area (Å²) in [7, 11) is 0. The summed E-state index contributed by atoms with van der Waals surface area (Å²) in [6, 6.07) is 17.6. The number of thioether (sulfide) groups is 1. The zero-order chi connectivity index (χ0) is 20.0. The van der Waals surface area contributed by atoms with E-state index in [9.17, 15) is 9.59 Å². The largest absolute Gasteiger partial charge is 0.373 e. The Bertz CT molecular complexity index is 1160. The summed E-state index contributed by atoms with van der Waals surface area (Å²) in [4.78, 5) is 33.5. The highest BCUT2D eigenvalue weighted by molar-refractivity contribution is 8.04. The van der Waals surface area contributed by atoms with Gasteiger partial charge in [-0.05, 0) is 48.0 Å². The lowest BCUT2D eigenvalue weighted by molar-refractivity contribution is -0.120. The van der Waals surface area contributed by atoms with Crippen molar-refractivity contribution in [1.82, 2.24) is 4.98 Å². The van der Waals surface area contributed by atoms with Gasteiger partial charge < -0.3 is 5.32 Å². The summed E-state index contributed by atoms with van der Waals surface area (Å²) in [6.07, 6.45) is 3.39. The standard InChI is InChI=1S/C22H14ClN3O2S/c23-14-7-9-15(10-8-14)26-21(27)18-19(13-4-3-11-24-12-13)25-16-5-1-2-6-17(16)29-20(18)22(26)28/h1-12,19,25H/t19-/m0/s1. The van der Waals surface area contributed by atoms with Crippen LogP contribution in [-0.4, -0.2) is 16.8 Å². The third-order valence-corrected chi connectivity index (χ3v) is 6.29. The maximum atomic E-state index is 13.5. The third kappa shape index (κ3) is 3.01. The summed E-state index contributed by atoms with van der Waals surface area (Å²) >= 11 is 7.29. The molecule has 0 spiro atoms. The number of rotatable bonds is 2. The number of fused-ring (bicyclic) bond motifs is 1. The van der Waals surface area contributed by atoms with Crippen LogP contribution >= 0.6 is 23.4 Å². The molecular weight excluding hydrogens is 406 g/mol. The summed E-state index contributed by atoms with van der Waals surface area (Å²) in [5, 5.41) is 3.98. The number of halogens is 1. The molecule has 1 N–H and O–H groups in total. The molecule has 2 amide bonds. The lowest BCUT2D eigenvalue weighted by atomic mass is 9.99. The van der Waals surface area contributed by atoms with Crippen LogP contribution in [0, 0.1) is 0 Å². The number of aromatic nitrogens is 1. The van der Waals surface area contributed by atoms with E-state index in [0.29, 0.717) is 21.2 Å². The molecule has 0 saturated heterocycles. The van der Waals surface area contributed by atoms with Crippen molar-refractivity contribution in [3.05, 3.63) is 94.1 Å². The van der Waals surface area contributed by atoms with Crippen molar-refractivity contribution in [3.8, 4) is 0 Å². The Hall–Kier alpha value is -3.09. The van der Waals surface area contributed by atoms with Crippen molar-refractivity contribution in [2.75, 3.05) is 10.2 Å². The Morgan fingerprint density at radius 1 is 0.966 bits per heavy atom. The molecule has 3 aromatic rings. The van der Waals surface area contributed by atoms with Gasteiger partial charge in [0.05, 0.1) is 22.2 Å². The van der Waals surface area contributed by atoms with Gasteiger partial charge in [0.2, 0.25) is 0 Å². The highest BCUT2D eigenvalue weighted by Gasteiger charge is 2.45. The Morgan fingerprint density at radius 3 is 2.52 bits per heavy atom. The van der Waals surface area contributed by atoms with E-state index in [2.05, 4.69) is 10.3 Å². The number of nitrogens with one attached hydrogen (secondary N) is 1. The molecule has 3 heterocycles. The maximum absolute atomic E-state index is 13.5. The second-order valence-corrected chi connectivity index (χ2v) is 8.12. The van der Waals surface area contributed by atoms with E-state index in [4.69, 9.17) is 11.6 Å². The van der Waals surface area contributed by atoms with Gasteiger partial charge in [0.1, 0.15) is 0 Å². The predicted molar refractivity (Wildman–Crippen MR) is 114 cm³/mol. The third-order valence-electron chi connectivity index (χ3n) is 4.87. The minimum atomic E-state index is -0.483. The van der Waals surface area contributed by atoms with Gasteiger partial charge in [-0.15, -0.1) is 0 Å². The molecule has 1 aromatic heterocycles. The molecule has 5 nitrogen and oxygen atoms in total. The first kappa shape index (κ1) is 18.0. The van der Waals surface area contributed by atoms with E-state index >= 15 is 0 Å². The van der Waals surface area contributed by atoms with Crippen LogP contribution in [-0.2, 0) is 9.59 Å². The molecule has 0 bridgehead atoms. The van der Waals surface area contributed by atoms with E-state index in [0.717, 1.165) is 16.1 Å². The summed E-state index contributed by atoms with van der Waals surface area (Å²) in [5.41, 5.74) is 2.62. The first-order valence-corrected chi connectivity index (χ1v) is 10.1. The topological polar surface area (TPSA) is 62.3 Å². The number of nitrogens with zero attached hydrogens (tertiary/aromatic N) is 2. The second kappa shape index (κ2) is 7.06. The molecular formula is C22H14ClN3O2S. The molecule has 1 atom stereocenters. The summed E-state index contributed by atoms with van der Waals surface area (Å²) < 4.78 is 0. The molecule has 142 valence electrons. The zero-order valence-electron chi connectivity index (χ0n) is 15.0. The molecule has 29 heavy (non-hydrogen) atoms. The zero-order valence-corrected chi connectivity index (χ0v) is 16.6. The Balaban J connectivity index is 1.66. The van der Waals surface area contributed by atoms with Crippen molar-refractivity contribution >= 4 is 46.6 Å². The Labute approximate surface area is 176 Å². The number of benzene rings is 2. The second-order valence-electron chi connectivity index (χ2n) is 6.63. The normalized spacial score (nSPS) is 18.2. The average Bonchev–Trinajstić information content (AvgIpc) is 2.90. The molecule has 2 aliphatic heterocycles. The number of amides is 2. The minimum Gasteiger partial charge on any atom is -0.373 e. The fourth-order valence-corrected chi connectivity index (χ4v) is 4.74. The number of para-hydroxylation sites is 1. The van der Waals surface area contributed by atoms with Crippen LogP contribution in [0.3, 0.4) is 0 Å². The van der Waals surface area contributed by atoms with Crippen LogP contribution in [0.1, 0.15) is 11.6 Å². The van der Waals surface area contributed by atoms with E-state index in [1.165, 1.54) is 16.7 Å². The SMILES string of the molecule is O=C1C2=C(C(=O)N1c1ccc(Cl)cc1)[C@H](c1cccnc1)Nc1ccccc1S2. The van der Waals surface area contributed by atoms with Gasteiger partial charge in [-0.25, -0.2) is 4.90 Å². The highest BCUT2D eigenvalue weighted by Crippen LogP contribution is 2.47. The molecule has 0 unspecified atom stereocenters. The number of hydrogen-bond donors (Lipinski definition) is 1. The van der Waals surface area contributed by atoms with Crippen LogP contribution in [0.2, 0.25) is 5.02 Å². The van der Waals surface area contributed by atoms with Gasteiger partial charge in [0, 0.05) is 28.0 Å². The average molecular weight is 420 g/mol. The summed E-state index contributed by atoms with van der Waals surface area (Å²) in [5.74, 6) is -0.668. The number of carbonyl (C=O) groups is 2. The van der Waals surface area contributed by atoms with Crippen molar-refractivity contribution in [3.63, 3.8) is 0 Å². The lowest BCUT2D eigenvalue weighted by Crippen LogP contribution is -2.33. The lowest BCUT2D eigenvalue weighted by Gasteiger charge is -2.22. The smallest absolute Gasteiger partial charge is 0.272 e. The van der Waals surface area contributed by atoms with Gasteiger partial charge in [0.25, 0.3) is 11.8 Å². The van der Waals surface area contributed by atoms with Gasteiger partial charge in [-0.2, -0.15) is 0 Å². The van der Waals surface area contributed by atoms with Crippen molar-refractivity contribution in [2.45, 2.75) is 10.9 Å². The van der Waals surface area contributed by atoms with Gasteiger partial charge in [0.15, 0.2) is 0 Å². The molecule has 0 aliphatic carbocycles. The molecule has 0 saturated carbocycles. The van der Waals surface area contributed by atoms with Crippen molar-refractivity contribution in [2.24, 2.45) is 0 Å². The predicted octanol–water partition coefficient (Wildman–Crippen LogP) is 4.82. The first-order valence-electron chi connectivity index (χ1n) is 8.95. The fraction of sp³-hybridized carbons (Fsp3) is 0.0455. The van der Waals surface area contributed by atoms with E-state index in [1.54, 1.807) is 36.7 Å².